The minimum atomic E-state index is -0.279. The molecule has 148 valence electrons. The number of rotatable bonds is 6. The first-order chi connectivity index (χ1) is 14.7. The Morgan fingerprint density at radius 2 is 1.50 bits per heavy atom. The first-order valence-corrected chi connectivity index (χ1v) is 10.3. The van der Waals surface area contributed by atoms with Crippen molar-refractivity contribution in [2.24, 2.45) is 0 Å². The van der Waals surface area contributed by atoms with Crippen LogP contribution >= 0.6 is 11.3 Å². The van der Waals surface area contributed by atoms with Gasteiger partial charge in [-0.1, -0.05) is 30.3 Å². The Hall–Kier alpha value is -3.77. The van der Waals surface area contributed by atoms with E-state index in [-0.39, 0.29) is 11.8 Å². The van der Waals surface area contributed by atoms with Crippen LogP contribution in [0.2, 0.25) is 0 Å². The molecule has 2 aromatic heterocycles. The van der Waals surface area contributed by atoms with Gasteiger partial charge in [-0.25, -0.2) is 0 Å². The van der Waals surface area contributed by atoms with E-state index in [0.29, 0.717) is 21.8 Å². The van der Waals surface area contributed by atoms with Crippen LogP contribution in [0.25, 0.3) is 0 Å². The molecule has 0 spiro atoms. The third-order valence-corrected chi connectivity index (χ3v) is 5.40. The normalized spacial score (nSPS) is 10.4. The summed E-state index contributed by atoms with van der Waals surface area (Å²) in [5, 5.41) is 7.56. The summed E-state index contributed by atoms with van der Waals surface area (Å²) >= 11 is 1.35. The fourth-order valence-corrected chi connectivity index (χ4v) is 3.64. The summed E-state index contributed by atoms with van der Waals surface area (Å²) in [5.41, 5.74) is 3.89. The number of aromatic nitrogens is 1. The van der Waals surface area contributed by atoms with Gasteiger partial charge >= 0.3 is 0 Å². The van der Waals surface area contributed by atoms with Gasteiger partial charge in [0.05, 0.1) is 16.1 Å². The molecule has 5 nitrogen and oxygen atoms in total. The summed E-state index contributed by atoms with van der Waals surface area (Å²) in [5.74, 6) is -0.510. The van der Waals surface area contributed by atoms with Crippen molar-refractivity contribution in [2.45, 2.75) is 6.42 Å². The number of hydrogen-bond acceptors (Lipinski definition) is 4. The summed E-state index contributed by atoms with van der Waals surface area (Å²) in [6, 6.07) is 22.2. The lowest BCUT2D eigenvalue weighted by Gasteiger charge is -2.11. The Morgan fingerprint density at radius 3 is 2.23 bits per heavy atom. The average molecular weight is 414 g/mol. The summed E-state index contributed by atoms with van der Waals surface area (Å²) in [4.78, 5) is 29.8. The van der Waals surface area contributed by atoms with Crippen LogP contribution in [-0.2, 0) is 6.42 Å². The largest absolute Gasteiger partial charge is 0.322 e. The summed E-state index contributed by atoms with van der Waals surface area (Å²) in [6.07, 6.45) is 4.35. The summed E-state index contributed by atoms with van der Waals surface area (Å²) in [6.45, 7) is 0. The van der Waals surface area contributed by atoms with Crippen LogP contribution in [0.3, 0.4) is 0 Å². The van der Waals surface area contributed by atoms with Crippen molar-refractivity contribution in [3.8, 4) is 0 Å². The van der Waals surface area contributed by atoms with Gasteiger partial charge in [0.2, 0.25) is 0 Å². The highest BCUT2D eigenvalue weighted by Gasteiger charge is 2.14. The monoisotopic (exact) mass is 413 g/mol. The van der Waals surface area contributed by atoms with Gasteiger partial charge in [0, 0.05) is 18.1 Å². The van der Waals surface area contributed by atoms with Crippen molar-refractivity contribution in [1.29, 1.82) is 0 Å². The molecule has 0 unspecified atom stereocenters. The molecule has 0 aliphatic carbocycles. The number of anilines is 2. The van der Waals surface area contributed by atoms with E-state index in [1.54, 1.807) is 42.7 Å². The molecule has 2 heterocycles. The van der Waals surface area contributed by atoms with Crippen LogP contribution in [0.4, 0.5) is 11.4 Å². The molecule has 6 heteroatoms. The number of benzene rings is 2. The molecule has 30 heavy (non-hydrogen) atoms. The fraction of sp³-hybridized carbons (Fsp3) is 0.0417. The molecule has 0 aliphatic rings. The number of para-hydroxylation sites is 1. The average Bonchev–Trinajstić information content (AvgIpc) is 3.31. The fourth-order valence-electron chi connectivity index (χ4n) is 3.02. The van der Waals surface area contributed by atoms with E-state index in [1.165, 1.54) is 16.9 Å². The van der Waals surface area contributed by atoms with Crippen LogP contribution in [0.5, 0.6) is 0 Å². The van der Waals surface area contributed by atoms with Crippen molar-refractivity contribution >= 4 is 34.5 Å². The van der Waals surface area contributed by atoms with Crippen LogP contribution in [0, 0.1) is 0 Å². The predicted molar refractivity (Wildman–Crippen MR) is 120 cm³/mol. The maximum atomic E-state index is 12.8. The molecule has 4 aromatic rings. The second kappa shape index (κ2) is 9.15. The number of nitrogens with one attached hydrogen (secondary N) is 2. The maximum absolute atomic E-state index is 12.8. The molecule has 2 aromatic carbocycles. The smallest absolute Gasteiger partial charge is 0.265 e. The van der Waals surface area contributed by atoms with Crippen LogP contribution in [0.1, 0.15) is 31.2 Å². The van der Waals surface area contributed by atoms with Crippen molar-refractivity contribution in [3.63, 3.8) is 0 Å². The third kappa shape index (κ3) is 4.79. The molecular formula is C24H19N3O2S. The quantitative estimate of drug-likeness (QED) is 0.454. The highest BCUT2D eigenvalue weighted by molar-refractivity contribution is 7.12. The van der Waals surface area contributed by atoms with Crippen LogP contribution < -0.4 is 10.6 Å². The van der Waals surface area contributed by atoms with Gasteiger partial charge in [-0.15, -0.1) is 11.3 Å². The Balaban J connectivity index is 1.44. The number of pyridine rings is 1. The Kier molecular flexibility index (Phi) is 5.96. The molecule has 2 amide bonds. The summed E-state index contributed by atoms with van der Waals surface area (Å²) < 4.78 is 0. The topological polar surface area (TPSA) is 71.1 Å². The minimum absolute atomic E-state index is 0.231. The van der Waals surface area contributed by atoms with Gasteiger partial charge in [0.15, 0.2) is 0 Å². The van der Waals surface area contributed by atoms with E-state index in [0.717, 1.165) is 12.0 Å². The van der Waals surface area contributed by atoms with Crippen molar-refractivity contribution in [3.05, 3.63) is 112 Å². The first kappa shape index (κ1) is 19.5. The molecule has 4 rings (SSSR count). The van der Waals surface area contributed by atoms with Gasteiger partial charge < -0.3 is 10.6 Å². The van der Waals surface area contributed by atoms with Crippen molar-refractivity contribution in [2.75, 3.05) is 10.6 Å². The van der Waals surface area contributed by atoms with E-state index in [9.17, 15) is 9.59 Å². The molecule has 0 bridgehead atoms. The second-order valence-corrected chi connectivity index (χ2v) is 7.61. The number of carbonyl (C=O) groups is 2. The Morgan fingerprint density at radius 1 is 0.767 bits per heavy atom. The molecule has 0 radical (unpaired) electrons. The minimum Gasteiger partial charge on any atom is -0.322 e. The molecule has 2 N–H and O–H groups in total. The van der Waals surface area contributed by atoms with E-state index in [1.807, 2.05) is 47.8 Å². The standard InChI is InChI=1S/C24H19N3O2S/c28-23(20-4-1-2-5-21(20)27-24(29)22-6-3-15-30-22)26-19-9-7-17(8-10-19)16-18-11-13-25-14-12-18/h1-15H,16H2,(H,26,28)(H,27,29). The molecule has 0 atom stereocenters. The van der Waals surface area contributed by atoms with E-state index in [4.69, 9.17) is 0 Å². The molecule has 0 aliphatic heterocycles. The Labute approximate surface area is 178 Å². The van der Waals surface area contributed by atoms with Gasteiger partial charge in [-0.3, -0.25) is 14.6 Å². The van der Waals surface area contributed by atoms with Crippen molar-refractivity contribution < 1.29 is 9.59 Å². The van der Waals surface area contributed by atoms with Crippen LogP contribution in [-0.4, -0.2) is 16.8 Å². The molecule has 0 fully saturated rings. The van der Waals surface area contributed by atoms with Gasteiger partial charge in [0.25, 0.3) is 11.8 Å². The highest BCUT2D eigenvalue weighted by Crippen LogP contribution is 2.20. The zero-order chi connectivity index (χ0) is 20.8. The number of thiophene rings is 1. The third-order valence-electron chi connectivity index (χ3n) is 4.53. The number of carbonyl (C=O) groups excluding carboxylic acids is 2. The lowest BCUT2D eigenvalue weighted by Crippen LogP contribution is -2.17. The predicted octanol–water partition coefficient (Wildman–Crippen LogP) is 5.24. The zero-order valence-electron chi connectivity index (χ0n) is 16.0. The van der Waals surface area contributed by atoms with Crippen molar-refractivity contribution in [1.82, 2.24) is 4.98 Å². The first-order valence-electron chi connectivity index (χ1n) is 9.42. The molecule has 0 saturated carbocycles. The Bertz CT molecular complexity index is 1140. The van der Waals surface area contributed by atoms with E-state index >= 15 is 0 Å². The lowest BCUT2D eigenvalue weighted by atomic mass is 10.1. The highest BCUT2D eigenvalue weighted by atomic mass is 32.1. The van der Waals surface area contributed by atoms with E-state index in [2.05, 4.69) is 15.6 Å². The SMILES string of the molecule is O=C(Nc1ccccc1C(=O)Nc1ccc(Cc2ccncc2)cc1)c1cccs1. The second-order valence-electron chi connectivity index (χ2n) is 6.66. The molecule has 0 saturated heterocycles. The number of nitrogens with zero attached hydrogens (tertiary/aromatic N) is 1. The zero-order valence-corrected chi connectivity index (χ0v) is 16.9. The van der Waals surface area contributed by atoms with Crippen LogP contribution in [0.15, 0.2) is 90.6 Å². The number of amides is 2. The summed E-state index contributed by atoms with van der Waals surface area (Å²) in [7, 11) is 0. The number of hydrogen-bond donors (Lipinski definition) is 2. The van der Waals surface area contributed by atoms with Gasteiger partial charge in [-0.05, 0) is 65.4 Å². The molecular weight excluding hydrogens is 394 g/mol. The lowest BCUT2D eigenvalue weighted by molar-refractivity contribution is 0.102. The van der Waals surface area contributed by atoms with E-state index < -0.39 is 0 Å². The van der Waals surface area contributed by atoms with Gasteiger partial charge in [0.1, 0.15) is 0 Å². The van der Waals surface area contributed by atoms with Gasteiger partial charge in [-0.2, -0.15) is 0 Å². The maximum Gasteiger partial charge on any atom is 0.265 e.